The largest absolute Gasteiger partial charge is 0.479 e. The second-order valence-electron chi connectivity index (χ2n) is 8.53. The summed E-state index contributed by atoms with van der Waals surface area (Å²) >= 11 is 0. The first-order valence-corrected chi connectivity index (χ1v) is 9.62. The Morgan fingerprint density at radius 2 is 1.77 bits per heavy atom. The highest BCUT2D eigenvalue weighted by atomic mass is 16.6. The standard InChI is InChI=1S/C19H32N2O5/c1-13(20-17(25)26-18(2,3)4)15(22)21-12-8-11-19(21,16(23)24)14-9-6-5-7-10-14/h13-14H,5-12H2,1-4H3,(H,20,25)(H,23,24)/t13-,19+/m0/s1. The molecule has 26 heavy (non-hydrogen) atoms. The molecule has 2 rings (SSSR count). The third-order valence-corrected chi connectivity index (χ3v) is 5.44. The lowest BCUT2D eigenvalue weighted by Crippen LogP contribution is -2.61. The first-order valence-electron chi connectivity index (χ1n) is 9.62. The van der Waals surface area contributed by atoms with E-state index in [1.807, 2.05) is 0 Å². The Labute approximate surface area is 155 Å². The fourth-order valence-corrected chi connectivity index (χ4v) is 4.33. The number of carboxylic acids is 1. The van der Waals surface area contributed by atoms with Crippen molar-refractivity contribution in [3.05, 3.63) is 0 Å². The summed E-state index contributed by atoms with van der Waals surface area (Å²) < 4.78 is 5.20. The molecule has 148 valence electrons. The number of nitrogens with zero attached hydrogens (tertiary/aromatic N) is 1. The van der Waals surface area contributed by atoms with Crippen molar-refractivity contribution in [2.75, 3.05) is 6.54 Å². The average Bonchev–Trinajstić information content (AvgIpc) is 2.99. The molecule has 7 heteroatoms. The lowest BCUT2D eigenvalue weighted by Gasteiger charge is -2.43. The Morgan fingerprint density at radius 3 is 2.31 bits per heavy atom. The van der Waals surface area contributed by atoms with Crippen LogP contribution in [0.5, 0.6) is 0 Å². The van der Waals surface area contributed by atoms with Gasteiger partial charge in [-0.1, -0.05) is 19.3 Å². The number of carbonyl (C=O) groups is 3. The smallest absolute Gasteiger partial charge is 0.408 e. The monoisotopic (exact) mass is 368 g/mol. The van der Waals surface area contributed by atoms with Gasteiger partial charge in [0.15, 0.2) is 0 Å². The summed E-state index contributed by atoms with van der Waals surface area (Å²) in [7, 11) is 0. The predicted octanol–water partition coefficient (Wildman–Crippen LogP) is 2.93. The van der Waals surface area contributed by atoms with E-state index in [0.717, 1.165) is 32.1 Å². The van der Waals surface area contributed by atoms with E-state index >= 15 is 0 Å². The minimum absolute atomic E-state index is 0.0195. The van der Waals surface area contributed by atoms with Gasteiger partial charge in [0.25, 0.3) is 0 Å². The van der Waals surface area contributed by atoms with Crippen molar-refractivity contribution in [1.82, 2.24) is 10.2 Å². The van der Waals surface area contributed by atoms with Crippen LogP contribution in [0.4, 0.5) is 4.79 Å². The number of ether oxygens (including phenoxy) is 1. The minimum Gasteiger partial charge on any atom is -0.479 e. The highest BCUT2D eigenvalue weighted by Crippen LogP contribution is 2.43. The number of hydrogen-bond acceptors (Lipinski definition) is 4. The van der Waals surface area contributed by atoms with E-state index in [1.165, 1.54) is 4.90 Å². The van der Waals surface area contributed by atoms with Gasteiger partial charge >= 0.3 is 12.1 Å². The van der Waals surface area contributed by atoms with Crippen LogP contribution in [-0.4, -0.2) is 51.7 Å². The van der Waals surface area contributed by atoms with Crippen LogP contribution in [0.3, 0.4) is 0 Å². The van der Waals surface area contributed by atoms with E-state index in [1.54, 1.807) is 27.7 Å². The van der Waals surface area contributed by atoms with Gasteiger partial charge in [0.2, 0.25) is 5.91 Å². The lowest BCUT2D eigenvalue weighted by atomic mass is 9.73. The number of likely N-dealkylation sites (tertiary alicyclic amines) is 1. The summed E-state index contributed by atoms with van der Waals surface area (Å²) in [5.41, 5.74) is -1.80. The molecule has 0 aromatic carbocycles. The van der Waals surface area contributed by atoms with E-state index in [2.05, 4.69) is 5.32 Å². The number of carboxylic acid groups (broad SMARTS) is 1. The van der Waals surface area contributed by atoms with Crippen LogP contribution < -0.4 is 5.32 Å². The normalized spacial score (nSPS) is 25.6. The van der Waals surface area contributed by atoms with Crippen molar-refractivity contribution in [2.24, 2.45) is 5.92 Å². The van der Waals surface area contributed by atoms with Crippen molar-refractivity contribution < 1.29 is 24.2 Å². The van der Waals surface area contributed by atoms with Crippen LogP contribution in [0.15, 0.2) is 0 Å². The molecule has 0 unspecified atom stereocenters. The molecule has 1 aliphatic carbocycles. The molecule has 0 bridgehead atoms. The van der Waals surface area contributed by atoms with Crippen LogP contribution in [0, 0.1) is 5.92 Å². The third kappa shape index (κ3) is 4.30. The molecule has 2 amide bonds. The van der Waals surface area contributed by atoms with Gasteiger partial charge in [-0.3, -0.25) is 4.79 Å². The van der Waals surface area contributed by atoms with E-state index in [4.69, 9.17) is 4.74 Å². The van der Waals surface area contributed by atoms with Crippen molar-refractivity contribution >= 4 is 18.0 Å². The summed E-state index contributed by atoms with van der Waals surface area (Å²) in [6, 6.07) is -0.828. The van der Waals surface area contributed by atoms with E-state index < -0.39 is 29.2 Å². The van der Waals surface area contributed by atoms with Gasteiger partial charge in [0.05, 0.1) is 0 Å². The second kappa shape index (κ2) is 7.84. The fourth-order valence-electron chi connectivity index (χ4n) is 4.33. The first-order chi connectivity index (χ1) is 12.1. The molecule has 2 fully saturated rings. The molecule has 0 spiro atoms. The number of amides is 2. The predicted molar refractivity (Wildman–Crippen MR) is 96.7 cm³/mol. The first kappa shape index (κ1) is 20.5. The number of nitrogens with one attached hydrogen (secondary N) is 1. The highest BCUT2D eigenvalue weighted by molar-refractivity contribution is 5.92. The van der Waals surface area contributed by atoms with Crippen molar-refractivity contribution in [3.63, 3.8) is 0 Å². The number of rotatable bonds is 4. The Hall–Kier alpha value is -1.79. The molecule has 1 saturated carbocycles. The van der Waals surface area contributed by atoms with E-state index in [-0.39, 0.29) is 11.8 Å². The SMILES string of the molecule is C[C@H](NC(=O)OC(C)(C)C)C(=O)N1CCC[C@]1(C(=O)O)C1CCCCC1. The molecule has 2 aliphatic rings. The quantitative estimate of drug-likeness (QED) is 0.795. The van der Waals surface area contributed by atoms with Crippen LogP contribution in [0.1, 0.15) is 72.6 Å². The van der Waals surface area contributed by atoms with E-state index in [0.29, 0.717) is 19.4 Å². The number of aliphatic carboxylic acids is 1. The maximum atomic E-state index is 13.0. The van der Waals surface area contributed by atoms with Gasteiger partial charge in [0.1, 0.15) is 17.2 Å². The van der Waals surface area contributed by atoms with Crippen molar-refractivity contribution in [1.29, 1.82) is 0 Å². The summed E-state index contributed by atoms with van der Waals surface area (Å²) in [4.78, 5) is 38.7. The Balaban J connectivity index is 2.14. The number of hydrogen-bond donors (Lipinski definition) is 2. The highest BCUT2D eigenvalue weighted by Gasteiger charge is 2.55. The average molecular weight is 368 g/mol. The van der Waals surface area contributed by atoms with Crippen LogP contribution in [0.25, 0.3) is 0 Å². The minimum atomic E-state index is -1.14. The third-order valence-electron chi connectivity index (χ3n) is 5.44. The summed E-state index contributed by atoms with van der Waals surface area (Å²) in [6.07, 6.45) is 5.30. The zero-order chi connectivity index (χ0) is 19.5. The summed E-state index contributed by atoms with van der Waals surface area (Å²) in [5.74, 6) is -1.28. The Kier molecular flexibility index (Phi) is 6.19. The molecule has 1 heterocycles. The molecule has 2 N–H and O–H groups in total. The molecular formula is C19H32N2O5. The molecule has 0 radical (unpaired) electrons. The second-order valence-corrected chi connectivity index (χ2v) is 8.53. The van der Waals surface area contributed by atoms with Crippen molar-refractivity contribution in [3.8, 4) is 0 Å². The molecule has 1 aliphatic heterocycles. The van der Waals surface area contributed by atoms with Gasteiger partial charge in [-0.15, -0.1) is 0 Å². The van der Waals surface area contributed by atoms with Crippen LogP contribution in [0.2, 0.25) is 0 Å². The summed E-state index contributed by atoms with van der Waals surface area (Å²) in [6.45, 7) is 7.24. The van der Waals surface area contributed by atoms with Gasteiger partial charge < -0.3 is 20.1 Å². The van der Waals surface area contributed by atoms with Crippen LogP contribution >= 0.6 is 0 Å². The van der Waals surface area contributed by atoms with Gasteiger partial charge in [-0.2, -0.15) is 0 Å². The fraction of sp³-hybridized carbons (Fsp3) is 0.842. The maximum Gasteiger partial charge on any atom is 0.408 e. The van der Waals surface area contributed by atoms with Gasteiger partial charge in [-0.25, -0.2) is 9.59 Å². The molecule has 0 aromatic rings. The zero-order valence-corrected chi connectivity index (χ0v) is 16.3. The number of alkyl carbamates (subject to hydrolysis) is 1. The molecule has 2 atom stereocenters. The number of carbonyl (C=O) groups excluding carboxylic acids is 2. The Morgan fingerprint density at radius 1 is 1.15 bits per heavy atom. The van der Waals surface area contributed by atoms with Gasteiger partial charge in [0, 0.05) is 6.54 Å². The Bertz CT molecular complexity index is 551. The zero-order valence-electron chi connectivity index (χ0n) is 16.3. The molecule has 7 nitrogen and oxygen atoms in total. The molecule has 1 saturated heterocycles. The summed E-state index contributed by atoms with van der Waals surface area (Å²) in [5, 5.41) is 12.6. The lowest BCUT2D eigenvalue weighted by molar-refractivity contribution is -0.162. The van der Waals surface area contributed by atoms with E-state index in [9.17, 15) is 19.5 Å². The molecule has 0 aromatic heterocycles. The van der Waals surface area contributed by atoms with Crippen molar-refractivity contribution in [2.45, 2.75) is 89.8 Å². The topological polar surface area (TPSA) is 95.9 Å². The van der Waals surface area contributed by atoms with Gasteiger partial charge in [-0.05, 0) is 59.3 Å². The van der Waals surface area contributed by atoms with Crippen LogP contribution in [-0.2, 0) is 14.3 Å². The molecular weight excluding hydrogens is 336 g/mol. The maximum absolute atomic E-state index is 13.0.